The molecule has 1 unspecified atom stereocenters. The molecule has 4 N–H and O–H groups in total. The fourth-order valence-electron chi connectivity index (χ4n) is 2.76. The molecule has 3 rings (SSSR count). The molecule has 0 fully saturated rings. The molecule has 0 aliphatic rings. The lowest BCUT2D eigenvalue weighted by Crippen LogP contribution is -2.05. The van der Waals surface area contributed by atoms with Gasteiger partial charge in [0.25, 0.3) is 0 Å². The van der Waals surface area contributed by atoms with Gasteiger partial charge >= 0.3 is 0 Å². The molecule has 1 aromatic heterocycles. The summed E-state index contributed by atoms with van der Waals surface area (Å²) in [7, 11) is -0.0180. The van der Waals surface area contributed by atoms with E-state index in [-0.39, 0.29) is 22.5 Å². The molecular formula is C21H24ClFN5O3P. The molecule has 2 aromatic carbocycles. The van der Waals surface area contributed by atoms with Gasteiger partial charge in [0.1, 0.15) is 30.6 Å². The summed E-state index contributed by atoms with van der Waals surface area (Å²) in [5.74, 6) is 1.24. The van der Waals surface area contributed by atoms with Crippen molar-refractivity contribution >= 4 is 48.7 Å². The maximum Gasteiger partial charge on any atom is 0.229 e. The highest BCUT2D eigenvalue weighted by Gasteiger charge is 2.14. The number of ether oxygens (including phenoxy) is 2. The predicted molar refractivity (Wildman–Crippen MR) is 127 cm³/mol. The van der Waals surface area contributed by atoms with Crippen LogP contribution >= 0.6 is 19.9 Å². The van der Waals surface area contributed by atoms with Gasteiger partial charge in [-0.1, -0.05) is 24.6 Å². The van der Waals surface area contributed by atoms with Crippen molar-refractivity contribution < 1.29 is 18.8 Å². The lowest BCUT2D eigenvalue weighted by Gasteiger charge is -2.17. The fourth-order valence-corrected chi connectivity index (χ4v) is 3.45. The van der Waals surface area contributed by atoms with E-state index in [2.05, 4.69) is 25.7 Å². The minimum absolute atomic E-state index is 0.121. The highest BCUT2D eigenvalue weighted by molar-refractivity contribution is 7.52. The number of nitrogens with zero attached hydrogens (tertiary/aromatic N) is 2. The number of methoxy groups -OCH3 is 1. The summed E-state index contributed by atoms with van der Waals surface area (Å²) < 4.78 is 25.4. The van der Waals surface area contributed by atoms with Crippen molar-refractivity contribution in [1.82, 2.24) is 9.97 Å². The lowest BCUT2D eigenvalue weighted by atomic mass is 10.2. The standard InChI is InChI=1S/C21H24ClFN5O3P/c1-4-10-31-13-8-9-18(30-2)17(11-13)26-21-24-12-14(22)20(27-21)25-16-7-5-6-15(23)19(16)28-32(3)29/h5-9,11-12,28-29H,4,10H2,1-3H3,(H2,24,25,26,27). The van der Waals surface area contributed by atoms with E-state index < -0.39 is 14.1 Å². The molecule has 0 radical (unpaired) electrons. The van der Waals surface area contributed by atoms with Gasteiger partial charge in [-0.25, -0.2) is 9.37 Å². The van der Waals surface area contributed by atoms with E-state index in [4.69, 9.17) is 21.1 Å². The number of hydrogen-bond donors (Lipinski definition) is 4. The third-order valence-electron chi connectivity index (χ3n) is 4.17. The van der Waals surface area contributed by atoms with Crippen LogP contribution in [0, 0.1) is 5.82 Å². The molecule has 0 saturated carbocycles. The number of anilines is 5. The molecule has 32 heavy (non-hydrogen) atoms. The third-order valence-corrected chi connectivity index (χ3v) is 5.00. The lowest BCUT2D eigenvalue weighted by molar-refractivity contribution is 0.317. The second-order valence-electron chi connectivity index (χ2n) is 6.65. The topological polar surface area (TPSA) is 101 Å². The molecule has 11 heteroatoms. The number of rotatable bonds is 10. The summed E-state index contributed by atoms with van der Waals surface area (Å²) >= 11 is 6.27. The molecule has 8 nitrogen and oxygen atoms in total. The van der Waals surface area contributed by atoms with Crippen molar-refractivity contribution in [3.63, 3.8) is 0 Å². The van der Waals surface area contributed by atoms with Gasteiger partial charge in [0.2, 0.25) is 5.95 Å². The van der Waals surface area contributed by atoms with Crippen LogP contribution in [0.5, 0.6) is 11.5 Å². The van der Waals surface area contributed by atoms with Crippen LogP contribution in [0.4, 0.5) is 33.2 Å². The Morgan fingerprint density at radius 2 is 2.00 bits per heavy atom. The smallest absolute Gasteiger partial charge is 0.229 e. The predicted octanol–water partition coefficient (Wildman–Crippen LogP) is 5.90. The van der Waals surface area contributed by atoms with Crippen LogP contribution in [-0.4, -0.2) is 35.2 Å². The van der Waals surface area contributed by atoms with E-state index in [1.54, 1.807) is 38.0 Å². The summed E-state index contributed by atoms with van der Waals surface area (Å²) in [4.78, 5) is 18.3. The SMILES string of the molecule is CCCOc1ccc(OC)c(Nc2ncc(Cl)c(Nc3cccc(F)c3NP(C)O)n2)c1. The molecule has 0 spiro atoms. The molecule has 1 atom stereocenters. The van der Waals surface area contributed by atoms with Crippen LogP contribution < -0.4 is 25.2 Å². The minimum atomic E-state index is -1.58. The summed E-state index contributed by atoms with van der Waals surface area (Å²) in [6.07, 6.45) is 2.31. The average molecular weight is 480 g/mol. The quantitative estimate of drug-likeness (QED) is 0.267. The first kappa shape index (κ1) is 23.8. The van der Waals surface area contributed by atoms with Crippen LogP contribution in [-0.2, 0) is 0 Å². The van der Waals surface area contributed by atoms with Crippen molar-refractivity contribution in [3.8, 4) is 11.5 Å². The van der Waals surface area contributed by atoms with Crippen molar-refractivity contribution in [2.75, 3.05) is 36.1 Å². The molecular weight excluding hydrogens is 456 g/mol. The van der Waals surface area contributed by atoms with Crippen molar-refractivity contribution in [1.29, 1.82) is 0 Å². The van der Waals surface area contributed by atoms with Gasteiger partial charge in [0.05, 0.1) is 37.0 Å². The first-order chi connectivity index (χ1) is 15.4. The maximum atomic E-state index is 14.3. The number of hydrogen-bond acceptors (Lipinski definition) is 8. The van der Waals surface area contributed by atoms with Gasteiger partial charge in [-0.3, -0.25) is 0 Å². The van der Waals surface area contributed by atoms with Crippen molar-refractivity contribution in [2.24, 2.45) is 0 Å². The van der Waals surface area contributed by atoms with Crippen molar-refractivity contribution in [3.05, 3.63) is 53.4 Å². The fraction of sp³-hybridized carbons (Fsp3) is 0.238. The summed E-state index contributed by atoms with van der Waals surface area (Å²) in [5.41, 5.74) is 1.10. The number of nitrogens with one attached hydrogen (secondary N) is 3. The molecule has 0 saturated heterocycles. The van der Waals surface area contributed by atoms with Gasteiger partial charge in [-0.15, -0.1) is 0 Å². The molecule has 1 heterocycles. The zero-order chi connectivity index (χ0) is 23.1. The van der Waals surface area contributed by atoms with Crippen LogP contribution in [0.1, 0.15) is 13.3 Å². The molecule has 0 amide bonds. The highest BCUT2D eigenvalue weighted by Crippen LogP contribution is 2.37. The van der Waals surface area contributed by atoms with E-state index in [1.807, 2.05) is 13.0 Å². The van der Waals surface area contributed by atoms with Crippen LogP contribution in [0.2, 0.25) is 5.02 Å². The number of aromatic nitrogens is 2. The van der Waals surface area contributed by atoms with E-state index in [0.717, 1.165) is 6.42 Å². The van der Waals surface area contributed by atoms with Crippen LogP contribution in [0.25, 0.3) is 0 Å². The molecule has 0 aliphatic heterocycles. The third kappa shape index (κ3) is 6.09. The van der Waals surface area contributed by atoms with Gasteiger partial charge in [-0.2, -0.15) is 4.98 Å². The van der Waals surface area contributed by atoms with Gasteiger partial charge in [0, 0.05) is 6.07 Å². The van der Waals surface area contributed by atoms with Crippen LogP contribution in [0.15, 0.2) is 42.6 Å². The monoisotopic (exact) mass is 479 g/mol. The van der Waals surface area contributed by atoms with Crippen molar-refractivity contribution in [2.45, 2.75) is 13.3 Å². The first-order valence-electron chi connectivity index (χ1n) is 9.76. The van der Waals surface area contributed by atoms with E-state index in [9.17, 15) is 9.28 Å². The Bertz CT molecular complexity index is 1070. The Kier molecular flexibility index (Phi) is 8.27. The summed E-state index contributed by atoms with van der Waals surface area (Å²) in [5, 5.41) is 9.06. The largest absolute Gasteiger partial charge is 0.495 e. The maximum absolute atomic E-state index is 14.3. The zero-order valence-corrected chi connectivity index (χ0v) is 19.5. The summed E-state index contributed by atoms with van der Waals surface area (Å²) in [6, 6.07) is 9.87. The summed E-state index contributed by atoms with van der Waals surface area (Å²) in [6.45, 7) is 4.17. The Labute approximate surface area is 192 Å². The Morgan fingerprint density at radius 1 is 1.19 bits per heavy atom. The molecule has 170 valence electrons. The van der Waals surface area contributed by atoms with Gasteiger partial charge in [-0.05, 0) is 37.4 Å². The van der Waals surface area contributed by atoms with E-state index in [1.165, 1.54) is 12.3 Å². The van der Waals surface area contributed by atoms with E-state index >= 15 is 0 Å². The minimum Gasteiger partial charge on any atom is -0.495 e. The van der Waals surface area contributed by atoms with Crippen LogP contribution in [0.3, 0.4) is 0 Å². The van der Waals surface area contributed by atoms with E-state index in [0.29, 0.717) is 29.5 Å². The average Bonchev–Trinajstić information content (AvgIpc) is 2.77. The van der Waals surface area contributed by atoms with Gasteiger partial charge < -0.3 is 30.1 Å². The molecule has 3 aromatic rings. The Balaban J connectivity index is 1.88. The zero-order valence-electron chi connectivity index (χ0n) is 17.8. The second-order valence-corrected chi connectivity index (χ2v) is 8.33. The molecule has 0 bridgehead atoms. The molecule has 0 aliphatic carbocycles. The number of halogens is 2. The van der Waals surface area contributed by atoms with Gasteiger partial charge in [0.15, 0.2) is 5.82 Å². The second kappa shape index (κ2) is 11.1. The Hall–Kier alpha value is -2.87. The number of benzene rings is 2. The Morgan fingerprint density at radius 3 is 2.72 bits per heavy atom. The first-order valence-corrected chi connectivity index (χ1v) is 11.9. The normalized spacial score (nSPS) is 11.6. The highest BCUT2D eigenvalue weighted by atomic mass is 35.5. The number of para-hydroxylation sites is 1.